The van der Waals surface area contributed by atoms with Crippen molar-refractivity contribution in [2.24, 2.45) is 0 Å². The molecule has 0 aliphatic carbocycles. The van der Waals surface area contributed by atoms with Gasteiger partial charge in [-0.2, -0.15) is 0 Å². The van der Waals surface area contributed by atoms with Crippen LogP contribution in [-0.2, 0) is 16.4 Å². The van der Waals surface area contributed by atoms with Gasteiger partial charge in [-0.3, -0.25) is 0 Å². The lowest BCUT2D eigenvalue weighted by atomic mass is 10.2. The van der Waals surface area contributed by atoms with Crippen LogP contribution in [0.4, 0.5) is 0 Å². The zero-order valence-corrected chi connectivity index (χ0v) is 8.26. The van der Waals surface area contributed by atoms with Gasteiger partial charge in [-0.25, -0.2) is 13.1 Å². The SMILES string of the molecule is CNS(=O)(=O)CCc1c[c]ccc1. The molecule has 71 valence electrons. The molecular weight excluding hydrogens is 186 g/mol. The molecule has 0 aliphatic heterocycles. The molecule has 0 aromatic heterocycles. The van der Waals surface area contributed by atoms with Crippen molar-refractivity contribution < 1.29 is 8.42 Å². The van der Waals surface area contributed by atoms with Crippen LogP contribution in [0.2, 0.25) is 0 Å². The molecule has 1 rings (SSSR count). The minimum atomic E-state index is -3.08. The number of sulfonamides is 1. The van der Waals surface area contributed by atoms with E-state index in [4.69, 9.17) is 0 Å². The number of hydrogen-bond acceptors (Lipinski definition) is 2. The predicted molar refractivity (Wildman–Crippen MR) is 51.8 cm³/mol. The number of rotatable bonds is 4. The van der Waals surface area contributed by atoms with Crippen molar-refractivity contribution in [3.63, 3.8) is 0 Å². The topological polar surface area (TPSA) is 46.2 Å². The molecule has 1 aromatic carbocycles. The molecular formula is C9H12NO2S. The van der Waals surface area contributed by atoms with E-state index in [1.807, 2.05) is 12.1 Å². The standard InChI is InChI=1S/C9H12NO2S/c1-10-13(11,12)8-7-9-5-3-2-4-6-9/h2-3,5-6,10H,7-8H2,1H3. The third-order valence-electron chi connectivity index (χ3n) is 1.74. The van der Waals surface area contributed by atoms with Gasteiger partial charge < -0.3 is 0 Å². The third kappa shape index (κ3) is 3.57. The first kappa shape index (κ1) is 10.2. The van der Waals surface area contributed by atoms with Crippen molar-refractivity contribution in [1.82, 2.24) is 4.72 Å². The van der Waals surface area contributed by atoms with E-state index in [0.29, 0.717) is 6.42 Å². The molecule has 0 amide bonds. The maximum Gasteiger partial charge on any atom is 0.211 e. The van der Waals surface area contributed by atoms with Gasteiger partial charge in [0, 0.05) is 0 Å². The van der Waals surface area contributed by atoms with Gasteiger partial charge in [0.2, 0.25) is 10.0 Å². The van der Waals surface area contributed by atoms with Gasteiger partial charge in [-0.1, -0.05) is 24.3 Å². The average molecular weight is 198 g/mol. The Hall–Kier alpha value is -0.870. The first-order chi connectivity index (χ1) is 6.14. The van der Waals surface area contributed by atoms with Crippen LogP contribution in [0.15, 0.2) is 24.3 Å². The fourth-order valence-corrected chi connectivity index (χ4v) is 1.65. The Morgan fingerprint density at radius 3 is 2.85 bits per heavy atom. The Balaban J connectivity index is 2.54. The summed E-state index contributed by atoms with van der Waals surface area (Å²) in [6, 6.07) is 10.2. The summed E-state index contributed by atoms with van der Waals surface area (Å²) in [6.07, 6.45) is 0.528. The maximum atomic E-state index is 11.1. The lowest BCUT2D eigenvalue weighted by Gasteiger charge is -2.01. The largest absolute Gasteiger partial charge is 0.218 e. The van der Waals surface area contributed by atoms with E-state index in [1.54, 1.807) is 12.1 Å². The van der Waals surface area contributed by atoms with Crippen molar-refractivity contribution in [2.45, 2.75) is 6.42 Å². The summed E-state index contributed by atoms with van der Waals surface area (Å²) in [4.78, 5) is 0. The zero-order chi connectivity index (χ0) is 9.73. The fourth-order valence-electron chi connectivity index (χ4n) is 0.940. The van der Waals surface area contributed by atoms with Gasteiger partial charge in [0.25, 0.3) is 0 Å². The van der Waals surface area contributed by atoms with Crippen molar-refractivity contribution in [3.8, 4) is 0 Å². The van der Waals surface area contributed by atoms with Gasteiger partial charge in [-0.15, -0.1) is 0 Å². The molecule has 0 fully saturated rings. The summed E-state index contributed by atoms with van der Waals surface area (Å²) in [5, 5.41) is 0. The van der Waals surface area contributed by atoms with E-state index in [0.717, 1.165) is 5.56 Å². The highest BCUT2D eigenvalue weighted by Gasteiger charge is 2.05. The molecule has 13 heavy (non-hydrogen) atoms. The third-order valence-corrected chi connectivity index (χ3v) is 3.11. The van der Waals surface area contributed by atoms with Crippen LogP contribution in [0.1, 0.15) is 5.56 Å². The number of aryl methyl sites for hydroxylation is 1. The normalized spacial score (nSPS) is 11.5. The molecule has 3 nitrogen and oxygen atoms in total. The minimum absolute atomic E-state index is 0.126. The van der Waals surface area contributed by atoms with Crippen molar-refractivity contribution in [1.29, 1.82) is 0 Å². The van der Waals surface area contributed by atoms with Crippen LogP contribution >= 0.6 is 0 Å². The van der Waals surface area contributed by atoms with Gasteiger partial charge in [-0.05, 0) is 25.1 Å². The molecule has 0 bridgehead atoms. The molecule has 0 spiro atoms. The van der Waals surface area contributed by atoms with Crippen molar-refractivity contribution in [3.05, 3.63) is 35.9 Å². The Morgan fingerprint density at radius 1 is 1.54 bits per heavy atom. The van der Waals surface area contributed by atoms with E-state index in [1.165, 1.54) is 7.05 Å². The molecule has 0 atom stereocenters. The highest BCUT2D eigenvalue weighted by Crippen LogP contribution is 2.00. The average Bonchev–Trinajstić information content (AvgIpc) is 2.17. The van der Waals surface area contributed by atoms with E-state index in [2.05, 4.69) is 10.8 Å². The molecule has 0 aliphatic rings. The van der Waals surface area contributed by atoms with Crippen molar-refractivity contribution in [2.75, 3.05) is 12.8 Å². The molecule has 0 saturated heterocycles. The van der Waals surface area contributed by atoms with Crippen LogP contribution in [0.25, 0.3) is 0 Å². The summed E-state index contributed by atoms with van der Waals surface area (Å²) in [6.45, 7) is 0. The molecule has 0 saturated carbocycles. The van der Waals surface area contributed by atoms with Crippen molar-refractivity contribution >= 4 is 10.0 Å². The minimum Gasteiger partial charge on any atom is -0.218 e. The monoisotopic (exact) mass is 198 g/mol. The number of hydrogen-bond donors (Lipinski definition) is 1. The van der Waals surface area contributed by atoms with E-state index in [-0.39, 0.29) is 5.75 Å². The molecule has 0 unspecified atom stereocenters. The smallest absolute Gasteiger partial charge is 0.211 e. The number of nitrogens with one attached hydrogen (secondary N) is 1. The summed E-state index contributed by atoms with van der Waals surface area (Å²) >= 11 is 0. The fraction of sp³-hybridized carbons (Fsp3) is 0.333. The van der Waals surface area contributed by atoms with E-state index >= 15 is 0 Å². The second kappa shape index (κ2) is 4.39. The lowest BCUT2D eigenvalue weighted by Crippen LogP contribution is -2.23. The Kier molecular flexibility index (Phi) is 3.45. The van der Waals surface area contributed by atoms with Gasteiger partial charge in [0.05, 0.1) is 5.75 Å². The van der Waals surface area contributed by atoms with Crippen LogP contribution in [-0.4, -0.2) is 21.2 Å². The summed E-state index contributed by atoms with van der Waals surface area (Å²) < 4.78 is 24.4. The number of benzene rings is 1. The van der Waals surface area contributed by atoms with Crippen LogP contribution in [0, 0.1) is 6.07 Å². The van der Waals surface area contributed by atoms with E-state index < -0.39 is 10.0 Å². The highest BCUT2D eigenvalue weighted by atomic mass is 32.2. The van der Waals surface area contributed by atoms with Gasteiger partial charge in [0.15, 0.2) is 0 Å². The van der Waals surface area contributed by atoms with Gasteiger partial charge >= 0.3 is 0 Å². The molecule has 1 radical (unpaired) electrons. The summed E-state index contributed by atoms with van der Waals surface area (Å²) in [7, 11) is -1.66. The Labute approximate surface area is 78.8 Å². The highest BCUT2D eigenvalue weighted by molar-refractivity contribution is 7.89. The molecule has 4 heteroatoms. The Bertz CT molecular complexity index is 345. The molecule has 1 N–H and O–H groups in total. The van der Waals surface area contributed by atoms with Crippen LogP contribution < -0.4 is 4.72 Å². The molecule has 1 aromatic rings. The molecule has 0 heterocycles. The van der Waals surface area contributed by atoms with E-state index in [9.17, 15) is 8.42 Å². The van der Waals surface area contributed by atoms with Gasteiger partial charge in [0.1, 0.15) is 0 Å². The summed E-state index contributed by atoms with van der Waals surface area (Å²) in [5.41, 5.74) is 0.987. The quantitative estimate of drug-likeness (QED) is 0.769. The van der Waals surface area contributed by atoms with Crippen LogP contribution in [0.3, 0.4) is 0 Å². The predicted octanol–water partition coefficient (Wildman–Crippen LogP) is 0.578. The lowest BCUT2D eigenvalue weighted by molar-refractivity contribution is 0.587. The maximum absolute atomic E-state index is 11.1. The van der Waals surface area contributed by atoms with Crippen LogP contribution in [0.5, 0.6) is 0 Å². The second-order valence-electron chi connectivity index (χ2n) is 2.68. The first-order valence-corrected chi connectivity index (χ1v) is 5.65. The first-order valence-electron chi connectivity index (χ1n) is 4.00. The summed E-state index contributed by atoms with van der Waals surface area (Å²) in [5.74, 6) is 0.126. The second-order valence-corrected chi connectivity index (χ2v) is 4.73. The zero-order valence-electron chi connectivity index (χ0n) is 7.45. The Morgan fingerprint density at radius 2 is 2.31 bits per heavy atom.